The lowest BCUT2D eigenvalue weighted by Crippen LogP contribution is -2.62. The normalized spacial score (nSPS) is 52.9. The molecule has 8 saturated carbocycles. The lowest BCUT2D eigenvalue weighted by Gasteiger charge is -2.63. The van der Waals surface area contributed by atoms with E-state index in [1.54, 1.807) is 0 Å². The summed E-state index contributed by atoms with van der Waals surface area (Å²) in [5, 5.41) is 33.7. The third kappa shape index (κ3) is 4.91. The molecule has 0 aromatic carbocycles. The second-order valence-corrected chi connectivity index (χ2v) is 17.7. The second-order valence-electron chi connectivity index (χ2n) is 17.7. The van der Waals surface area contributed by atoms with Crippen LogP contribution in [0.5, 0.6) is 0 Å². The van der Waals surface area contributed by atoms with Crippen LogP contribution in [0.1, 0.15) is 118 Å². The minimum atomic E-state index is -0.438. The molecule has 248 valence electrons. The fraction of sp³-hybridized carbons (Fsp3) is 0.946. The Balaban J connectivity index is 0.929. The quantitative estimate of drug-likeness (QED) is 0.317. The van der Waals surface area contributed by atoms with Gasteiger partial charge in [0.1, 0.15) is 5.60 Å². The maximum atomic E-state index is 12.8. The SMILES string of the molecule is C[C@H](CCC(=O)OCC(=O)OC1(C)C2CC3CC(C2)CC1C3)[C@H]1CC[C@H]2[C@@H]3[C@H](O)C[C@@H]4C[C@H](O)CC[C@]4(C)[C@H]3C[C@H](O)[C@]12C. The van der Waals surface area contributed by atoms with Crippen molar-refractivity contribution in [3.63, 3.8) is 0 Å². The van der Waals surface area contributed by atoms with Crippen molar-refractivity contribution < 1.29 is 34.4 Å². The van der Waals surface area contributed by atoms with Crippen molar-refractivity contribution in [3.8, 4) is 0 Å². The number of aliphatic hydroxyl groups excluding tert-OH is 3. The molecule has 0 heterocycles. The number of hydrogen-bond donors (Lipinski definition) is 3. The van der Waals surface area contributed by atoms with Gasteiger partial charge in [-0.05, 0) is 160 Å². The van der Waals surface area contributed by atoms with Gasteiger partial charge in [0.25, 0.3) is 0 Å². The van der Waals surface area contributed by atoms with Crippen molar-refractivity contribution in [3.05, 3.63) is 0 Å². The molecule has 0 amide bonds. The highest BCUT2D eigenvalue weighted by Crippen LogP contribution is 2.68. The minimum absolute atomic E-state index is 0.0631. The summed E-state index contributed by atoms with van der Waals surface area (Å²) in [5.74, 6) is 3.24. The van der Waals surface area contributed by atoms with E-state index in [0.717, 1.165) is 76.0 Å². The van der Waals surface area contributed by atoms with E-state index in [-0.39, 0.29) is 71.6 Å². The summed E-state index contributed by atoms with van der Waals surface area (Å²) < 4.78 is 11.5. The van der Waals surface area contributed by atoms with Gasteiger partial charge in [0, 0.05) is 6.42 Å². The van der Waals surface area contributed by atoms with E-state index in [0.29, 0.717) is 30.6 Å². The summed E-state index contributed by atoms with van der Waals surface area (Å²) >= 11 is 0. The van der Waals surface area contributed by atoms with Gasteiger partial charge >= 0.3 is 11.9 Å². The summed E-state index contributed by atoms with van der Waals surface area (Å²) in [7, 11) is 0. The largest absolute Gasteiger partial charge is 0.456 e. The molecule has 7 heteroatoms. The number of carbonyl (C=O) groups is 2. The molecule has 8 aliphatic carbocycles. The number of rotatable bonds is 7. The first-order valence-corrected chi connectivity index (χ1v) is 18.2. The molecule has 0 aliphatic heterocycles. The van der Waals surface area contributed by atoms with E-state index in [4.69, 9.17) is 9.47 Å². The molecule has 4 bridgehead atoms. The Bertz CT molecular complexity index is 1090. The molecular weight excluding hydrogens is 556 g/mol. The molecule has 8 fully saturated rings. The van der Waals surface area contributed by atoms with Gasteiger partial charge < -0.3 is 24.8 Å². The van der Waals surface area contributed by atoms with Crippen LogP contribution in [-0.4, -0.2) is 57.8 Å². The highest BCUT2D eigenvalue weighted by Gasteiger charge is 2.66. The average molecular weight is 615 g/mol. The van der Waals surface area contributed by atoms with Crippen molar-refractivity contribution in [1.29, 1.82) is 0 Å². The van der Waals surface area contributed by atoms with Gasteiger partial charge in [-0.2, -0.15) is 0 Å². The van der Waals surface area contributed by atoms with Crippen LogP contribution in [0.25, 0.3) is 0 Å². The Labute approximate surface area is 264 Å². The van der Waals surface area contributed by atoms with Crippen LogP contribution in [0.15, 0.2) is 0 Å². The van der Waals surface area contributed by atoms with Crippen molar-refractivity contribution in [2.75, 3.05) is 6.61 Å². The fourth-order valence-corrected chi connectivity index (χ4v) is 13.5. The molecule has 11 atom stereocenters. The second kappa shape index (κ2) is 11.2. The van der Waals surface area contributed by atoms with Crippen LogP contribution in [0.2, 0.25) is 0 Å². The topological polar surface area (TPSA) is 113 Å². The van der Waals surface area contributed by atoms with Crippen molar-refractivity contribution in [1.82, 2.24) is 0 Å². The molecule has 44 heavy (non-hydrogen) atoms. The molecule has 0 radical (unpaired) electrons. The van der Waals surface area contributed by atoms with Crippen LogP contribution >= 0.6 is 0 Å². The van der Waals surface area contributed by atoms with Gasteiger partial charge in [0.15, 0.2) is 6.61 Å². The Hall–Kier alpha value is -1.18. The van der Waals surface area contributed by atoms with Crippen LogP contribution in [0, 0.1) is 70.0 Å². The van der Waals surface area contributed by atoms with Crippen molar-refractivity contribution in [2.45, 2.75) is 141 Å². The van der Waals surface area contributed by atoms with Gasteiger partial charge in [-0.25, -0.2) is 4.79 Å². The summed E-state index contributed by atoms with van der Waals surface area (Å²) in [6, 6.07) is 0. The maximum Gasteiger partial charge on any atom is 0.344 e. The van der Waals surface area contributed by atoms with Gasteiger partial charge in [-0.1, -0.05) is 20.8 Å². The predicted molar refractivity (Wildman–Crippen MR) is 165 cm³/mol. The summed E-state index contributed by atoms with van der Waals surface area (Å²) in [6.45, 7) is 8.61. The van der Waals surface area contributed by atoms with E-state index in [9.17, 15) is 24.9 Å². The zero-order valence-electron chi connectivity index (χ0n) is 27.6. The molecule has 0 aromatic rings. The molecule has 3 N–H and O–H groups in total. The highest BCUT2D eigenvalue weighted by atomic mass is 16.6. The highest BCUT2D eigenvalue weighted by molar-refractivity contribution is 5.76. The molecule has 0 spiro atoms. The van der Waals surface area contributed by atoms with Gasteiger partial charge in [-0.15, -0.1) is 0 Å². The third-order valence-corrected chi connectivity index (χ3v) is 15.8. The summed E-state index contributed by atoms with van der Waals surface area (Å²) in [6.07, 6.45) is 11.8. The standard InChI is InChI=1S/C37H58O7/c1-20(5-8-32(41)43-19-33(42)44-37(4)24-12-21-11-22(14-24)15-25(37)13-21)27-6-7-28-34-29(18-31(40)36(27,28)3)35(2)10-9-26(38)16-23(35)17-30(34)39/h20-31,34,38-40H,5-19H2,1-4H3/t20-,21?,22?,23+,24?,25?,26-,27-,28+,29+,30-,31+,34+,35+,36-,37?/m1/s1. The average Bonchev–Trinajstić information content (AvgIpc) is 3.33. The number of fused-ring (bicyclic) bond motifs is 5. The lowest BCUT2D eigenvalue weighted by atomic mass is 9.43. The summed E-state index contributed by atoms with van der Waals surface area (Å²) in [4.78, 5) is 25.6. The van der Waals surface area contributed by atoms with Gasteiger partial charge in [0.2, 0.25) is 0 Å². The Morgan fingerprint density at radius 3 is 2.16 bits per heavy atom. The van der Waals surface area contributed by atoms with Gasteiger partial charge in [-0.3, -0.25) is 4.79 Å². The number of ether oxygens (including phenoxy) is 2. The van der Waals surface area contributed by atoms with Crippen LogP contribution in [0.3, 0.4) is 0 Å². The number of carbonyl (C=O) groups excluding carboxylic acids is 2. The first-order valence-electron chi connectivity index (χ1n) is 18.2. The first kappa shape index (κ1) is 31.4. The minimum Gasteiger partial charge on any atom is -0.456 e. The molecule has 8 aliphatic rings. The molecule has 0 aromatic heterocycles. The smallest absolute Gasteiger partial charge is 0.344 e. The van der Waals surface area contributed by atoms with Crippen LogP contribution < -0.4 is 0 Å². The van der Waals surface area contributed by atoms with E-state index >= 15 is 0 Å². The molecule has 0 unspecified atom stereocenters. The monoisotopic (exact) mass is 614 g/mol. The van der Waals surface area contributed by atoms with E-state index in [1.807, 2.05) is 0 Å². The number of hydrogen-bond acceptors (Lipinski definition) is 7. The Morgan fingerprint density at radius 1 is 0.795 bits per heavy atom. The number of aliphatic hydroxyl groups is 3. The molecular formula is C37H58O7. The number of esters is 2. The van der Waals surface area contributed by atoms with Crippen LogP contribution in [-0.2, 0) is 19.1 Å². The van der Waals surface area contributed by atoms with Gasteiger partial charge in [0.05, 0.1) is 18.3 Å². The Kier molecular flexibility index (Phi) is 8.01. The zero-order valence-corrected chi connectivity index (χ0v) is 27.6. The maximum absolute atomic E-state index is 12.8. The van der Waals surface area contributed by atoms with Crippen molar-refractivity contribution in [2.24, 2.45) is 70.0 Å². The van der Waals surface area contributed by atoms with E-state index < -0.39 is 17.7 Å². The van der Waals surface area contributed by atoms with Crippen LogP contribution in [0.4, 0.5) is 0 Å². The Morgan fingerprint density at radius 2 is 1.48 bits per heavy atom. The molecule has 7 nitrogen and oxygen atoms in total. The molecule has 0 saturated heterocycles. The molecule has 8 rings (SSSR count). The van der Waals surface area contributed by atoms with E-state index in [2.05, 4.69) is 27.7 Å². The zero-order chi connectivity index (χ0) is 31.2. The van der Waals surface area contributed by atoms with Crippen molar-refractivity contribution >= 4 is 11.9 Å². The predicted octanol–water partition coefficient (Wildman–Crippen LogP) is 5.67. The summed E-state index contributed by atoms with van der Waals surface area (Å²) in [5.41, 5.74) is -0.642. The van der Waals surface area contributed by atoms with E-state index in [1.165, 1.54) is 6.42 Å². The third-order valence-electron chi connectivity index (χ3n) is 15.8. The fourth-order valence-electron chi connectivity index (χ4n) is 13.5. The lowest BCUT2D eigenvalue weighted by molar-refractivity contribution is -0.208. The first-order chi connectivity index (χ1) is 20.8.